The van der Waals surface area contributed by atoms with Crippen molar-refractivity contribution in [2.75, 3.05) is 92.6 Å². The molecule has 4 N–H and O–H groups in total. The molecule has 0 bridgehead atoms. The molecule has 2 aromatic carbocycles. The van der Waals surface area contributed by atoms with E-state index in [1.165, 1.54) is 0 Å². The van der Waals surface area contributed by atoms with Crippen molar-refractivity contribution < 1.29 is 4.74 Å². The minimum atomic E-state index is -0.0760. The zero-order valence-electron chi connectivity index (χ0n) is 24.7. The van der Waals surface area contributed by atoms with Crippen molar-refractivity contribution in [3.8, 4) is 0 Å². The highest BCUT2D eigenvalue weighted by atomic mass is 16.5. The Hall–Kier alpha value is -3.24. The number of likely N-dealkylation sites (N-methyl/N-ethyl adjacent to an activating group) is 2. The van der Waals surface area contributed by atoms with Crippen LogP contribution in [0.15, 0.2) is 54.6 Å². The van der Waals surface area contributed by atoms with Crippen LogP contribution in [0.1, 0.15) is 34.8 Å². The summed E-state index contributed by atoms with van der Waals surface area (Å²) in [6.07, 6.45) is 2.85. The van der Waals surface area contributed by atoms with E-state index in [2.05, 4.69) is 62.5 Å². The van der Waals surface area contributed by atoms with Crippen molar-refractivity contribution >= 4 is 17.4 Å². The SMILES string of the molecule is CN1CCN(CCNC(=N)c2cccc(C3=CCC(c4cccc(C(=N)NCCN5CCN(C)CC5)c4)O3)c2)CC1. The van der Waals surface area contributed by atoms with Gasteiger partial charge in [-0.05, 0) is 37.9 Å². The van der Waals surface area contributed by atoms with Gasteiger partial charge in [-0.2, -0.15) is 0 Å². The number of hydrogen-bond acceptors (Lipinski definition) is 7. The van der Waals surface area contributed by atoms with Crippen LogP contribution in [-0.2, 0) is 4.74 Å². The van der Waals surface area contributed by atoms with E-state index in [1.807, 2.05) is 36.4 Å². The van der Waals surface area contributed by atoms with Gasteiger partial charge in [0.2, 0.25) is 0 Å². The van der Waals surface area contributed by atoms with Gasteiger partial charge >= 0.3 is 0 Å². The highest BCUT2D eigenvalue weighted by Crippen LogP contribution is 2.36. The van der Waals surface area contributed by atoms with Crippen LogP contribution in [0.3, 0.4) is 0 Å². The van der Waals surface area contributed by atoms with Crippen LogP contribution in [0, 0.1) is 10.8 Å². The van der Waals surface area contributed by atoms with Gasteiger partial charge in [0.05, 0.1) is 0 Å². The fraction of sp³-hybridized carbons (Fsp3) is 0.500. The second-order valence-corrected chi connectivity index (χ2v) is 11.5. The molecule has 2 fully saturated rings. The van der Waals surface area contributed by atoms with Crippen molar-refractivity contribution in [3.63, 3.8) is 0 Å². The predicted molar refractivity (Wildman–Crippen MR) is 167 cm³/mol. The normalized spacial score (nSPS) is 20.8. The number of piperazine rings is 2. The highest BCUT2D eigenvalue weighted by molar-refractivity contribution is 5.97. The van der Waals surface area contributed by atoms with Crippen molar-refractivity contribution in [2.45, 2.75) is 12.5 Å². The molecule has 220 valence electrons. The summed E-state index contributed by atoms with van der Waals surface area (Å²) in [5.41, 5.74) is 3.82. The van der Waals surface area contributed by atoms with Gasteiger partial charge in [-0.3, -0.25) is 20.6 Å². The van der Waals surface area contributed by atoms with Gasteiger partial charge in [-0.25, -0.2) is 0 Å². The molecule has 0 aliphatic carbocycles. The van der Waals surface area contributed by atoms with Gasteiger partial charge in [0.25, 0.3) is 0 Å². The van der Waals surface area contributed by atoms with E-state index in [0.717, 1.165) is 113 Å². The first kappa shape index (κ1) is 29.3. The van der Waals surface area contributed by atoms with E-state index in [-0.39, 0.29) is 6.10 Å². The minimum Gasteiger partial charge on any atom is -0.485 e. The standard InChI is InChI=1S/C32H46N8O/c1-37-15-19-39(20-16-37)13-11-35-31(33)27-7-3-5-25(23-27)29-9-10-30(41-29)26-6-4-8-28(24-26)32(34)36-12-14-40-21-17-38(2)18-22-40/h3-9,23-24,30H,10-22H2,1-2H3,(H2,33,35)(H2,34,36). The molecular formula is C32H46N8O. The van der Waals surface area contributed by atoms with E-state index in [0.29, 0.717) is 11.7 Å². The van der Waals surface area contributed by atoms with Crippen LogP contribution in [0.25, 0.3) is 5.76 Å². The maximum atomic E-state index is 8.58. The summed E-state index contributed by atoms with van der Waals surface area (Å²) in [7, 11) is 4.34. The Morgan fingerprint density at radius 1 is 0.756 bits per heavy atom. The predicted octanol–water partition coefficient (Wildman–Crippen LogP) is 2.51. The summed E-state index contributed by atoms with van der Waals surface area (Å²) in [5, 5.41) is 23.7. The lowest BCUT2D eigenvalue weighted by Crippen LogP contribution is -2.46. The van der Waals surface area contributed by atoms with Crippen molar-refractivity contribution in [1.82, 2.24) is 30.2 Å². The number of benzene rings is 2. The number of amidine groups is 2. The molecule has 1 unspecified atom stereocenters. The van der Waals surface area contributed by atoms with E-state index in [1.54, 1.807) is 0 Å². The number of hydrogen-bond donors (Lipinski definition) is 4. The Kier molecular flexibility index (Phi) is 10.1. The quantitative estimate of drug-likeness (QED) is 0.263. The zero-order valence-corrected chi connectivity index (χ0v) is 24.7. The molecular weight excluding hydrogens is 512 g/mol. The molecule has 9 heteroatoms. The summed E-state index contributed by atoms with van der Waals surface area (Å²) in [6.45, 7) is 12.2. The van der Waals surface area contributed by atoms with Crippen molar-refractivity contribution in [3.05, 3.63) is 76.9 Å². The van der Waals surface area contributed by atoms with Crippen LogP contribution < -0.4 is 10.6 Å². The Labute approximate surface area is 245 Å². The molecule has 0 saturated carbocycles. The number of nitrogens with one attached hydrogen (secondary N) is 4. The Balaban J connectivity index is 1.10. The molecule has 41 heavy (non-hydrogen) atoms. The molecule has 2 aromatic rings. The first-order valence-electron chi connectivity index (χ1n) is 15.0. The van der Waals surface area contributed by atoms with Gasteiger partial charge in [-0.15, -0.1) is 0 Å². The number of ether oxygens (including phenoxy) is 1. The average molecular weight is 559 g/mol. The van der Waals surface area contributed by atoms with Gasteiger partial charge in [0, 0.05) is 102 Å². The van der Waals surface area contributed by atoms with Gasteiger partial charge in [-0.1, -0.05) is 36.4 Å². The van der Waals surface area contributed by atoms with Crippen LogP contribution in [0.5, 0.6) is 0 Å². The third kappa shape index (κ3) is 8.16. The van der Waals surface area contributed by atoms with Crippen LogP contribution in [0.4, 0.5) is 0 Å². The topological polar surface area (TPSA) is 94.0 Å². The summed E-state index contributed by atoms with van der Waals surface area (Å²) in [5.74, 6) is 1.76. The Morgan fingerprint density at radius 2 is 1.29 bits per heavy atom. The molecule has 5 rings (SSSR count). The molecule has 3 aliphatic heterocycles. The van der Waals surface area contributed by atoms with Crippen LogP contribution in [-0.4, -0.2) is 124 Å². The smallest absolute Gasteiger partial charge is 0.127 e. The molecule has 9 nitrogen and oxygen atoms in total. The third-order valence-corrected chi connectivity index (χ3v) is 8.42. The first-order valence-corrected chi connectivity index (χ1v) is 15.0. The summed E-state index contributed by atoms with van der Waals surface area (Å²) in [6, 6.07) is 16.2. The number of nitrogens with zero attached hydrogens (tertiary/aromatic N) is 4. The molecule has 0 aromatic heterocycles. The molecule has 2 saturated heterocycles. The lowest BCUT2D eigenvalue weighted by atomic mass is 10.0. The molecule has 3 heterocycles. The third-order valence-electron chi connectivity index (χ3n) is 8.42. The van der Waals surface area contributed by atoms with E-state index in [9.17, 15) is 0 Å². The average Bonchev–Trinajstić information content (AvgIpc) is 3.50. The number of rotatable bonds is 10. The Morgan fingerprint density at radius 3 is 1.88 bits per heavy atom. The summed E-state index contributed by atoms with van der Waals surface area (Å²) in [4.78, 5) is 9.63. The lowest BCUT2D eigenvalue weighted by Gasteiger charge is -2.32. The molecule has 1 atom stereocenters. The first-order chi connectivity index (χ1) is 19.9. The van der Waals surface area contributed by atoms with Crippen molar-refractivity contribution in [2.24, 2.45) is 0 Å². The zero-order chi connectivity index (χ0) is 28.6. The molecule has 3 aliphatic rings. The molecule has 0 amide bonds. The van der Waals surface area contributed by atoms with Gasteiger partial charge in [0.1, 0.15) is 23.5 Å². The molecule has 0 spiro atoms. The van der Waals surface area contributed by atoms with Gasteiger partial charge < -0.3 is 25.2 Å². The summed E-state index contributed by atoms with van der Waals surface area (Å²) < 4.78 is 6.40. The maximum absolute atomic E-state index is 8.58. The van der Waals surface area contributed by atoms with E-state index < -0.39 is 0 Å². The second-order valence-electron chi connectivity index (χ2n) is 11.5. The Bertz CT molecular complexity index is 1210. The fourth-order valence-electron chi connectivity index (χ4n) is 5.60. The largest absolute Gasteiger partial charge is 0.485 e. The van der Waals surface area contributed by atoms with Crippen LogP contribution >= 0.6 is 0 Å². The second kappa shape index (κ2) is 14.1. The monoisotopic (exact) mass is 558 g/mol. The van der Waals surface area contributed by atoms with Gasteiger partial charge in [0.15, 0.2) is 0 Å². The van der Waals surface area contributed by atoms with E-state index in [4.69, 9.17) is 15.6 Å². The van der Waals surface area contributed by atoms with Crippen LogP contribution in [0.2, 0.25) is 0 Å². The lowest BCUT2D eigenvalue weighted by molar-refractivity contribution is 0.156. The minimum absolute atomic E-state index is 0.0760. The summed E-state index contributed by atoms with van der Waals surface area (Å²) >= 11 is 0. The van der Waals surface area contributed by atoms with E-state index >= 15 is 0 Å². The highest BCUT2D eigenvalue weighted by Gasteiger charge is 2.22. The fourth-order valence-corrected chi connectivity index (χ4v) is 5.60. The molecule has 0 radical (unpaired) electrons. The maximum Gasteiger partial charge on any atom is 0.127 e. The van der Waals surface area contributed by atoms with Crippen molar-refractivity contribution in [1.29, 1.82) is 10.8 Å².